The molecule has 1 aromatic carbocycles. The van der Waals surface area contributed by atoms with E-state index in [-0.39, 0.29) is 11.8 Å². The van der Waals surface area contributed by atoms with Crippen molar-refractivity contribution in [3.05, 3.63) is 41.7 Å². The summed E-state index contributed by atoms with van der Waals surface area (Å²) in [4.78, 5) is 16.3. The summed E-state index contributed by atoms with van der Waals surface area (Å²) in [6, 6.07) is 9.61. The molecule has 106 valence electrons. The molecule has 0 aliphatic carbocycles. The first-order valence-corrected chi connectivity index (χ1v) is 8.01. The number of thioether (sulfide) groups is 1. The van der Waals surface area contributed by atoms with Crippen LogP contribution >= 0.6 is 23.3 Å². The van der Waals surface area contributed by atoms with E-state index >= 15 is 0 Å². The Morgan fingerprint density at radius 1 is 1.45 bits per heavy atom. The molecule has 5 nitrogen and oxygen atoms in total. The number of rotatable bonds is 6. The molecule has 7 heteroatoms. The fourth-order valence-electron chi connectivity index (χ4n) is 1.70. The normalized spacial score (nSPS) is 12.1. The van der Waals surface area contributed by atoms with E-state index in [1.54, 1.807) is 0 Å². The zero-order valence-electron chi connectivity index (χ0n) is 11.1. The first-order chi connectivity index (χ1) is 9.74. The van der Waals surface area contributed by atoms with Crippen molar-refractivity contribution in [3.63, 3.8) is 0 Å². The van der Waals surface area contributed by atoms with E-state index in [1.807, 2.05) is 37.3 Å². The van der Waals surface area contributed by atoms with Crippen molar-refractivity contribution in [1.29, 1.82) is 0 Å². The summed E-state index contributed by atoms with van der Waals surface area (Å²) in [6.07, 6.45) is 0.822. The lowest BCUT2D eigenvalue weighted by atomic mass is 10.0. The number of nitrogens with two attached hydrogens (primary N) is 1. The number of carbonyl (C=O) groups is 1. The predicted octanol–water partition coefficient (Wildman–Crippen LogP) is 1.97. The molecule has 1 atom stereocenters. The minimum Gasteiger partial charge on any atom is -0.294 e. The lowest BCUT2D eigenvalue weighted by Gasteiger charge is -2.14. The van der Waals surface area contributed by atoms with Crippen molar-refractivity contribution in [2.24, 2.45) is 5.84 Å². The number of aryl methyl sites for hydroxylation is 1. The van der Waals surface area contributed by atoms with Gasteiger partial charge >= 0.3 is 0 Å². The van der Waals surface area contributed by atoms with Gasteiger partial charge in [-0.05, 0) is 17.1 Å². The number of nitrogens with zero attached hydrogens (tertiary/aromatic N) is 2. The SMILES string of the molecule is CCc1nsc(SCC(C(=O)NN)c2ccccc2)n1. The number of hydrogen-bond acceptors (Lipinski definition) is 6. The van der Waals surface area contributed by atoms with E-state index in [2.05, 4.69) is 14.8 Å². The van der Waals surface area contributed by atoms with E-state index in [9.17, 15) is 4.79 Å². The molecular weight excluding hydrogens is 292 g/mol. The molecule has 0 aliphatic rings. The van der Waals surface area contributed by atoms with Gasteiger partial charge in [-0.2, -0.15) is 4.37 Å². The van der Waals surface area contributed by atoms with Crippen LogP contribution in [0.25, 0.3) is 0 Å². The largest absolute Gasteiger partial charge is 0.294 e. The minimum atomic E-state index is -0.292. The molecule has 0 radical (unpaired) electrons. The third-order valence-corrected chi connectivity index (χ3v) is 4.76. The molecule has 1 heterocycles. The standard InChI is InChI=1S/C13H16N4OS2/c1-2-11-15-13(20-17-11)19-8-10(12(18)16-14)9-6-4-3-5-7-9/h3-7,10H,2,8,14H2,1H3,(H,16,18). The van der Waals surface area contributed by atoms with Gasteiger partial charge < -0.3 is 0 Å². The molecule has 0 aliphatic heterocycles. The molecule has 3 N–H and O–H groups in total. The average molecular weight is 308 g/mol. The molecule has 1 amide bonds. The molecule has 0 spiro atoms. The highest BCUT2D eigenvalue weighted by atomic mass is 32.2. The number of amides is 1. The van der Waals surface area contributed by atoms with Gasteiger partial charge in [-0.25, -0.2) is 10.8 Å². The highest BCUT2D eigenvalue weighted by Crippen LogP contribution is 2.27. The number of carbonyl (C=O) groups excluding carboxylic acids is 1. The van der Waals surface area contributed by atoms with E-state index < -0.39 is 0 Å². The summed E-state index contributed by atoms with van der Waals surface area (Å²) in [7, 11) is 0. The molecule has 1 aromatic heterocycles. The third-order valence-electron chi connectivity index (χ3n) is 2.80. The maximum absolute atomic E-state index is 11.9. The zero-order valence-corrected chi connectivity index (χ0v) is 12.7. The highest BCUT2D eigenvalue weighted by molar-refractivity contribution is 8.01. The van der Waals surface area contributed by atoms with Gasteiger partial charge in [0.05, 0.1) is 5.92 Å². The van der Waals surface area contributed by atoms with E-state index in [0.717, 1.165) is 22.1 Å². The Labute approximate surface area is 126 Å². The minimum absolute atomic E-state index is 0.191. The summed E-state index contributed by atoms with van der Waals surface area (Å²) in [5, 5.41) is 0. The highest BCUT2D eigenvalue weighted by Gasteiger charge is 2.20. The van der Waals surface area contributed by atoms with Crippen LogP contribution in [0.15, 0.2) is 34.7 Å². The Morgan fingerprint density at radius 3 is 2.80 bits per heavy atom. The maximum Gasteiger partial charge on any atom is 0.242 e. The van der Waals surface area contributed by atoms with Crippen molar-refractivity contribution in [1.82, 2.24) is 14.8 Å². The van der Waals surface area contributed by atoms with Crippen LogP contribution in [0.5, 0.6) is 0 Å². The number of nitrogens with one attached hydrogen (secondary N) is 1. The Bertz CT molecular complexity index is 559. The van der Waals surface area contributed by atoms with Crippen molar-refractivity contribution >= 4 is 29.2 Å². The van der Waals surface area contributed by atoms with E-state index in [0.29, 0.717) is 5.75 Å². The number of aromatic nitrogens is 2. The van der Waals surface area contributed by atoms with Crippen molar-refractivity contribution in [2.45, 2.75) is 23.6 Å². The summed E-state index contributed by atoms with van der Waals surface area (Å²) in [5.74, 6) is 6.22. The molecule has 0 bridgehead atoms. The van der Waals surface area contributed by atoms with Crippen LogP contribution < -0.4 is 11.3 Å². The number of hydrazine groups is 1. The lowest BCUT2D eigenvalue weighted by Crippen LogP contribution is -2.35. The van der Waals surface area contributed by atoms with E-state index in [1.165, 1.54) is 23.3 Å². The molecule has 1 unspecified atom stereocenters. The van der Waals surface area contributed by atoms with Crippen LogP contribution in [0.1, 0.15) is 24.2 Å². The predicted molar refractivity (Wildman–Crippen MR) is 81.5 cm³/mol. The lowest BCUT2D eigenvalue weighted by molar-refractivity contribution is -0.122. The Balaban J connectivity index is 2.07. The molecule has 0 saturated carbocycles. The van der Waals surface area contributed by atoms with Crippen molar-refractivity contribution in [3.8, 4) is 0 Å². The van der Waals surface area contributed by atoms with Gasteiger partial charge in [0.15, 0.2) is 4.34 Å². The quantitative estimate of drug-likeness (QED) is 0.369. The van der Waals surface area contributed by atoms with Crippen LogP contribution in [0.3, 0.4) is 0 Å². The topological polar surface area (TPSA) is 80.9 Å². The van der Waals surface area contributed by atoms with Gasteiger partial charge in [0.2, 0.25) is 5.91 Å². The van der Waals surface area contributed by atoms with Crippen LogP contribution in [0, 0.1) is 0 Å². The van der Waals surface area contributed by atoms with Crippen LogP contribution in [0.4, 0.5) is 0 Å². The molecule has 20 heavy (non-hydrogen) atoms. The summed E-state index contributed by atoms with van der Waals surface area (Å²) < 4.78 is 5.12. The number of hydrogen-bond donors (Lipinski definition) is 2. The number of benzene rings is 1. The fraction of sp³-hybridized carbons (Fsp3) is 0.308. The van der Waals surface area contributed by atoms with E-state index in [4.69, 9.17) is 5.84 Å². The molecule has 0 saturated heterocycles. The smallest absolute Gasteiger partial charge is 0.242 e. The molecule has 2 aromatic rings. The second kappa shape index (κ2) is 7.37. The van der Waals surface area contributed by atoms with Crippen molar-refractivity contribution < 1.29 is 4.79 Å². The average Bonchev–Trinajstić information content (AvgIpc) is 2.96. The maximum atomic E-state index is 11.9. The van der Waals surface area contributed by atoms with Crippen LogP contribution in [-0.4, -0.2) is 21.0 Å². The Kier molecular flexibility index (Phi) is 5.51. The summed E-state index contributed by atoms with van der Waals surface area (Å²) in [5.41, 5.74) is 3.18. The first-order valence-electron chi connectivity index (χ1n) is 6.25. The second-order valence-electron chi connectivity index (χ2n) is 4.11. The van der Waals surface area contributed by atoms with Gasteiger partial charge in [0.1, 0.15) is 5.82 Å². The van der Waals surface area contributed by atoms with Gasteiger partial charge in [0, 0.05) is 12.2 Å². The van der Waals surface area contributed by atoms with Gasteiger partial charge in [-0.3, -0.25) is 10.2 Å². The zero-order chi connectivity index (χ0) is 14.4. The molecule has 2 rings (SSSR count). The van der Waals surface area contributed by atoms with Crippen LogP contribution in [0.2, 0.25) is 0 Å². The summed E-state index contributed by atoms with van der Waals surface area (Å²) >= 11 is 2.90. The van der Waals surface area contributed by atoms with Crippen LogP contribution in [-0.2, 0) is 11.2 Å². The Hall–Kier alpha value is -1.44. The second-order valence-corrected chi connectivity index (χ2v) is 6.13. The van der Waals surface area contributed by atoms with Gasteiger partial charge in [0.25, 0.3) is 0 Å². The van der Waals surface area contributed by atoms with Gasteiger partial charge in [-0.15, -0.1) is 0 Å². The monoisotopic (exact) mass is 308 g/mol. The first kappa shape index (κ1) is 15.0. The van der Waals surface area contributed by atoms with Crippen molar-refractivity contribution in [2.75, 3.05) is 5.75 Å². The fourth-order valence-corrected chi connectivity index (χ4v) is 3.55. The summed E-state index contributed by atoms with van der Waals surface area (Å²) in [6.45, 7) is 2.02. The molecular formula is C13H16N4OS2. The van der Waals surface area contributed by atoms with Gasteiger partial charge in [-0.1, -0.05) is 49.0 Å². The molecule has 0 fully saturated rings. The Morgan fingerprint density at radius 2 is 2.20 bits per heavy atom. The third kappa shape index (κ3) is 3.78.